The highest BCUT2D eigenvalue weighted by atomic mass is 16.5. The first-order valence-electron chi connectivity index (χ1n) is 7.16. The Balaban J connectivity index is 2.25. The zero-order valence-electron chi connectivity index (χ0n) is 13.0. The summed E-state index contributed by atoms with van der Waals surface area (Å²) < 4.78 is 5.39. The normalized spacial score (nSPS) is 19.4. The maximum Gasteiger partial charge on any atom is 0.250 e. The van der Waals surface area contributed by atoms with Gasteiger partial charge in [0.1, 0.15) is 18.3 Å². The van der Waals surface area contributed by atoms with Gasteiger partial charge in [-0.15, -0.1) is 0 Å². The van der Waals surface area contributed by atoms with Gasteiger partial charge in [0.2, 0.25) is 5.91 Å². The molecule has 0 saturated carbocycles. The molecule has 21 heavy (non-hydrogen) atoms. The third-order valence-electron chi connectivity index (χ3n) is 3.45. The lowest BCUT2D eigenvalue weighted by molar-refractivity contribution is -0.133. The van der Waals surface area contributed by atoms with Gasteiger partial charge in [-0.05, 0) is 36.6 Å². The zero-order chi connectivity index (χ0) is 15.6. The van der Waals surface area contributed by atoms with Crippen molar-refractivity contribution >= 4 is 17.5 Å². The summed E-state index contributed by atoms with van der Waals surface area (Å²) in [5, 5.41) is 2.78. The largest absolute Gasteiger partial charge is 0.494 e. The third kappa shape index (κ3) is 3.35. The minimum Gasteiger partial charge on any atom is -0.494 e. The summed E-state index contributed by atoms with van der Waals surface area (Å²) in [5.41, 5.74) is 0.393. The highest BCUT2D eigenvalue weighted by Crippen LogP contribution is 2.27. The molecule has 0 bridgehead atoms. The molecule has 114 valence electrons. The maximum atomic E-state index is 12.6. The van der Waals surface area contributed by atoms with Crippen molar-refractivity contribution in [2.24, 2.45) is 5.41 Å². The number of hydrogen-bond donors (Lipinski definition) is 1. The summed E-state index contributed by atoms with van der Waals surface area (Å²) in [6, 6.07) is 6.73. The monoisotopic (exact) mass is 290 g/mol. The van der Waals surface area contributed by atoms with Crippen molar-refractivity contribution < 1.29 is 14.3 Å². The molecule has 0 spiro atoms. The Kier molecular flexibility index (Phi) is 4.21. The van der Waals surface area contributed by atoms with E-state index in [4.69, 9.17) is 4.74 Å². The van der Waals surface area contributed by atoms with Crippen molar-refractivity contribution in [1.82, 2.24) is 5.32 Å². The molecule has 0 radical (unpaired) electrons. The molecular formula is C16H22N2O3. The fourth-order valence-corrected chi connectivity index (χ4v) is 2.34. The summed E-state index contributed by atoms with van der Waals surface area (Å²) in [4.78, 5) is 26.0. The number of benzene rings is 1. The van der Waals surface area contributed by atoms with Crippen LogP contribution in [0.2, 0.25) is 0 Å². The number of piperazine rings is 1. The van der Waals surface area contributed by atoms with Crippen molar-refractivity contribution in [3.8, 4) is 5.75 Å². The second-order valence-corrected chi connectivity index (χ2v) is 6.22. The van der Waals surface area contributed by atoms with Crippen LogP contribution in [-0.4, -0.2) is 31.0 Å². The van der Waals surface area contributed by atoms with Crippen LogP contribution in [0.5, 0.6) is 5.75 Å². The summed E-state index contributed by atoms with van der Waals surface area (Å²) in [6.07, 6.45) is 0. The number of hydrogen-bond acceptors (Lipinski definition) is 3. The predicted octanol–water partition coefficient (Wildman–Crippen LogP) is 1.96. The molecule has 1 atom stereocenters. The quantitative estimate of drug-likeness (QED) is 0.926. The van der Waals surface area contributed by atoms with Gasteiger partial charge in [0.25, 0.3) is 5.91 Å². The molecular weight excluding hydrogens is 268 g/mol. The molecule has 0 aliphatic carbocycles. The Morgan fingerprint density at radius 3 is 2.38 bits per heavy atom. The van der Waals surface area contributed by atoms with E-state index in [1.165, 1.54) is 4.90 Å². The number of ether oxygens (including phenoxy) is 1. The molecule has 1 aliphatic rings. The minimum absolute atomic E-state index is 0.0550. The lowest BCUT2D eigenvalue weighted by Crippen LogP contribution is -2.62. The number of nitrogens with one attached hydrogen (secondary N) is 1. The Morgan fingerprint density at radius 1 is 1.24 bits per heavy atom. The van der Waals surface area contributed by atoms with Crippen molar-refractivity contribution in [2.75, 3.05) is 18.1 Å². The molecule has 1 N–H and O–H groups in total. The molecule has 0 aromatic heterocycles. The van der Waals surface area contributed by atoms with Crippen molar-refractivity contribution in [3.63, 3.8) is 0 Å². The smallest absolute Gasteiger partial charge is 0.250 e. The highest BCUT2D eigenvalue weighted by Gasteiger charge is 2.40. The SMILES string of the molecule is CCOc1ccc(N2CC(=O)NC(C(C)(C)C)C2=O)cc1. The molecule has 1 aliphatic heterocycles. The average molecular weight is 290 g/mol. The first-order valence-corrected chi connectivity index (χ1v) is 7.16. The van der Waals surface area contributed by atoms with Gasteiger partial charge in [0.05, 0.1) is 6.61 Å². The lowest BCUT2D eigenvalue weighted by atomic mass is 9.84. The molecule has 5 heteroatoms. The second kappa shape index (κ2) is 5.76. The Morgan fingerprint density at radius 2 is 1.86 bits per heavy atom. The van der Waals surface area contributed by atoms with E-state index in [1.807, 2.05) is 39.8 Å². The average Bonchev–Trinajstić information content (AvgIpc) is 2.41. The maximum absolute atomic E-state index is 12.6. The predicted molar refractivity (Wildman–Crippen MR) is 81.3 cm³/mol. The van der Waals surface area contributed by atoms with E-state index in [-0.39, 0.29) is 23.8 Å². The topological polar surface area (TPSA) is 58.6 Å². The summed E-state index contributed by atoms with van der Waals surface area (Å²) >= 11 is 0. The minimum atomic E-state index is -0.509. The first kappa shape index (κ1) is 15.4. The Labute approximate surface area is 125 Å². The van der Waals surface area contributed by atoms with Crippen LogP contribution in [0, 0.1) is 5.41 Å². The number of anilines is 1. The number of carbonyl (C=O) groups excluding carboxylic acids is 2. The van der Waals surface area contributed by atoms with Crippen LogP contribution in [0.3, 0.4) is 0 Å². The summed E-state index contributed by atoms with van der Waals surface area (Å²) in [6.45, 7) is 8.39. The number of rotatable bonds is 3. The van der Waals surface area contributed by atoms with Crippen molar-refractivity contribution in [1.29, 1.82) is 0 Å². The fraction of sp³-hybridized carbons (Fsp3) is 0.500. The van der Waals surface area contributed by atoms with Gasteiger partial charge in [-0.25, -0.2) is 0 Å². The lowest BCUT2D eigenvalue weighted by Gasteiger charge is -2.38. The van der Waals surface area contributed by atoms with Crippen LogP contribution < -0.4 is 15.0 Å². The molecule has 1 unspecified atom stereocenters. The fourth-order valence-electron chi connectivity index (χ4n) is 2.34. The number of nitrogens with zero attached hydrogens (tertiary/aromatic N) is 1. The molecule has 1 fully saturated rings. The van der Waals surface area contributed by atoms with Crippen LogP contribution >= 0.6 is 0 Å². The van der Waals surface area contributed by atoms with E-state index in [1.54, 1.807) is 12.1 Å². The standard InChI is InChI=1S/C16H22N2O3/c1-5-21-12-8-6-11(7-9-12)18-10-13(19)17-14(15(18)20)16(2,3)4/h6-9,14H,5,10H2,1-4H3,(H,17,19). The molecule has 2 amide bonds. The number of amides is 2. The van der Waals surface area contributed by atoms with E-state index in [0.717, 1.165) is 5.75 Å². The van der Waals surface area contributed by atoms with Crippen molar-refractivity contribution in [2.45, 2.75) is 33.7 Å². The van der Waals surface area contributed by atoms with Gasteiger partial charge in [-0.2, -0.15) is 0 Å². The molecule has 2 rings (SSSR count). The van der Waals surface area contributed by atoms with Gasteiger partial charge in [0, 0.05) is 5.69 Å². The molecule has 5 nitrogen and oxygen atoms in total. The second-order valence-electron chi connectivity index (χ2n) is 6.22. The van der Waals surface area contributed by atoms with Gasteiger partial charge in [0.15, 0.2) is 0 Å². The highest BCUT2D eigenvalue weighted by molar-refractivity contribution is 6.06. The molecule has 1 heterocycles. The van der Waals surface area contributed by atoms with E-state index < -0.39 is 6.04 Å². The van der Waals surface area contributed by atoms with Gasteiger partial charge in [-0.3, -0.25) is 9.59 Å². The van der Waals surface area contributed by atoms with Gasteiger partial charge >= 0.3 is 0 Å². The van der Waals surface area contributed by atoms with Crippen LogP contribution in [0.25, 0.3) is 0 Å². The van der Waals surface area contributed by atoms with E-state index >= 15 is 0 Å². The molecule has 1 aromatic carbocycles. The molecule has 1 aromatic rings. The van der Waals surface area contributed by atoms with Crippen LogP contribution in [0.1, 0.15) is 27.7 Å². The zero-order valence-corrected chi connectivity index (χ0v) is 13.0. The van der Waals surface area contributed by atoms with Crippen LogP contribution in [0.15, 0.2) is 24.3 Å². The van der Waals surface area contributed by atoms with E-state index in [2.05, 4.69) is 5.32 Å². The van der Waals surface area contributed by atoms with E-state index in [9.17, 15) is 9.59 Å². The first-order chi connectivity index (χ1) is 9.82. The van der Waals surface area contributed by atoms with E-state index in [0.29, 0.717) is 12.3 Å². The third-order valence-corrected chi connectivity index (χ3v) is 3.45. The van der Waals surface area contributed by atoms with Crippen LogP contribution in [0.4, 0.5) is 5.69 Å². The van der Waals surface area contributed by atoms with Crippen molar-refractivity contribution in [3.05, 3.63) is 24.3 Å². The van der Waals surface area contributed by atoms with Gasteiger partial charge < -0.3 is 15.0 Å². The summed E-state index contributed by atoms with van der Waals surface area (Å²) in [5.74, 6) is 0.539. The van der Waals surface area contributed by atoms with Crippen LogP contribution in [-0.2, 0) is 9.59 Å². The molecule has 1 saturated heterocycles. The van der Waals surface area contributed by atoms with Gasteiger partial charge in [-0.1, -0.05) is 20.8 Å². The number of carbonyl (C=O) groups is 2. The Bertz CT molecular complexity index is 531. The Hall–Kier alpha value is -2.04. The summed E-state index contributed by atoms with van der Waals surface area (Å²) in [7, 11) is 0.